The minimum atomic E-state index is 0.692. The fourth-order valence-electron chi connectivity index (χ4n) is 1.88. The maximum atomic E-state index is 5.98. The molecule has 1 N–H and O–H groups in total. The molecule has 1 saturated carbocycles. The van der Waals surface area contributed by atoms with E-state index in [1.807, 2.05) is 18.2 Å². The van der Waals surface area contributed by atoms with Gasteiger partial charge in [0.1, 0.15) is 0 Å². The zero-order valence-corrected chi connectivity index (χ0v) is 12.7. The van der Waals surface area contributed by atoms with Gasteiger partial charge in [0, 0.05) is 29.0 Å². The van der Waals surface area contributed by atoms with Gasteiger partial charge in [0.25, 0.3) is 0 Å². The maximum Gasteiger partial charge on any atom is 0.196 e. The van der Waals surface area contributed by atoms with Crippen molar-refractivity contribution in [3.05, 3.63) is 39.8 Å². The van der Waals surface area contributed by atoms with Crippen molar-refractivity contribution < 1.29 is 4.42 Å². The van der Waals surface area contributed by atoms with Crippen molar-refractivity contribution in [2.75, 3.05) is 6.54 Å². The number of rotatable bonds is 5. The number of oxazole rings is 1. The van der Waals surface area contributed by atoms with Crippen molar-refractivity contribution in [1.29, 1.82) is 0 Å². The van der Waals surface area contributed by atoms with Gasteiger partial charge in [0.15, 0.2) is 11.7 Å². The lowest BCUT2D eigenvalue weighted by molar-refractivity contribution is 0.494. The van der Waals surface area contributed by atoms with E-state index in [1.165, 1.54) is 12.8 Å². The number of nitrogens with one attached hydrogen (secondary N) is 1. The SMILES string of the molecule is Clc1ccc(-c2cnc(CCNC3CC3)o2)cc1Br. The number of nitrogens with zero attached hydrogens (tertiary/aromatic N) is 1. The maximum absolute atomic E-state index is 5.98. The molecule has 0 radical (unpaired) electrons. The standard InChI is InChI=1S/C14H14BrClN2O/c15-11-7-9(1-4-12(11)16)13-8-18-14(19-13)5-6-17-10-2-3-10/h1,4,7-8,10,17H,2-3,5-6H2. The summed E-state index contributed by atoms with van der Waals surface area (Å²) >= 11 is 9.39. The predicted octanol–water partition coefficient (Wildman–Crippen LogP) is 4.05. The third-order valence-corrected chi connectivity index (χ3v) is 4.32. The van der Waals surface area contributed by atoms with Crippen molar-refractivity contribution in [3.63, 3.8) is 0 Å². The van der Waals surface area contributed by atoms with Gasteiger partial charge >= 0.3 is 0 Å². The third-order valence-electron chi connectivity index (χ3n) is 3.11. The molecular formula is C14H14BrClN2O. The van der Waals surface area contributed by atoms with Crippen LogP contribution in [0.25, 0.3) is 11.3 Å². The quantitative estimate of drug-likeness (QED) is 0.891. The molecule has 1 heterocycles. The summed E-state index contributed by atoms with van der Waals surface area (Å²) in [6.07, 6.45) is 5.19. The molecule has 1 aromatic carbocycles. The Morgan fingerprint density at radius 2 is 2.26 bits per heavy atom. The van der Waals surface area contributed by atoms with Crippen LogP contribution < -0.4 is 5.32 Å². The van der Waals surface area contributed by atoms with Gasteiger partial charge in [-0.05, 0) is 47.0 Å². The summed E-state index contributed by atoms with van der Waals surface area (Å²) in [5.41, 5.74) is 0.977. The van der Waals surface area contributed by atoms with Crippen LogP contribution in [0.15, 0.2) is 33.3 Å². The Labute approximate surface area is 125 Å². The van der Waals surface area contributed by atoms with Gasteiger partial charge in [0.2, 0.25) is 0 Å². The van der Waals surface area contributed by atoms with Crippen LogP contribution in [-0.4, -0.2) is 17.6 Å². The van der Waals surface area contributed by atoms with Crippen LogP contribution in [0.1, 0.15) is 18.7 Å². The number of benzene rings is 1. The van der Waals surface area contributed by atoms with Crippen molar-refractivity contribution in [2.45, 2.75) is 25.3 Å². The van der Waals surface area contributed by atoms with Crippen LogP contribution in [0.2, 0.25) is 5.02 Å². The third kappa shape index (κ3) is 3.38. The van der Waals surface area contributed by atoms with Gasteiger partial charge in [-0.2, -0.15) is 0 Å². The van der Waals surface area contributed by atoms with Crippen molar-refractivity contribution >= 4 is 27.5 Å². The molecule has 1 aliphatic carbocycles. The number of aromatic nitrogens is 1. The molecule has 3 nitrogen and oxygen atoms in total. The topological polar surface area (TPSA) is 38.1 Å². The largest absolute Gasteiger partial charge is 0.441 e. The van der Waals surface area contributed by atoms with E-state index < -0.39 is 0 Å². The van der Waals surface area contributed by atoms with E-state index in [9.17, 15) is 0 Å². The number of halogens is 2. The van der Waals surface area contributed by atoms with Crippen molar-refractivity contribution in [1.82, 2.24) is 10.3 Å². The Hall–Kier alpha value is -0.840. The normalized spacial score (nSPS) is 14.8. The van der Waals surface area contributed by atoms with Crippen LogP contribution in [0.3, 0.4) is 0 Å². The lowest BCUT2D eigenvalue weighted by Gasteiger charge is -2.00. The van der Waals surface area contributed by atoms with E-state index in [4.69, 9.17) is 16.0 Å². The molecule has 0 spiro atoms. The molecule has 0 aliphatic heterocycles. The van der Waals surface area contributed by atoms with Gasteiger partial charge in [-0.3, -0.25) is 0 Å². The molecule has 0 saturated heterocycles. The van der Waals surface area contributed by atoms with E-state index in [1.54, 1.807) is 6.20 Å². The lowest BCUT2D eigenvalue weighted by atomic mass is 10.2. The van der Waals surface area contributed by atoms with Crippen LogP contribution in [0.5, 0.6) is 0 Å². The summed E-state index contributed by atoms with van der Waals surface area (Å²) in [6.45, 7) is 0.926. The van der Waals surface area contributed by atoms with Crippen molar-refractivity contribution in [3.8, 4) is 11.3 Å². The first-order valence-electron chi connectivity index (χ1n) is 6.36. The van der Waals surface area contributed by atoms with Gasteiger partial charge in [-0.25, -0.2) is 4.98 Å². The highest BCUT2D eigenvalue weighted by Crippen LogP contribution is 2.29. The van der Waals surface area contributed by atoms with Crippen LogP contribution >= 0.6 is 27.5 Å². The first-order valence-corrected chi connectivity index (χ1v) is 7.53. The summed E-state index contributed by atoms with van der Waals surface area (Å²) in [4.78, 5) is 4.31. The fraction of sp³-hybridized carbons (Fsp3) is 0.357. The summed E-state index contributed by atoms with van der Waals surface area (Å²) < 4.78 is 6.61. The lowest BCUT2D eigenvalue weighted by Crippen LogP contribution is -2.19. The molecule has 0 amide bonds. The van der Waals surface area contributed by atoms with Gasteiger partial charge in [0.05, 0.1) is 11.2 Å². The summed E-state index contributed by atoms with van der Waals surface area (Å²) in [6, 6.07) is 6.44. The van der Waals surface area contributed by atoms with Crippen molar-refractivity contribution in [2.24, 2.45) is 0 Å². The molecule has 0 unspecified atom stereocenters. The van der Waals surface area contributed by atoms with Gasteiger partial charge < -0.3 is 9.73 Å². The number of hydrogen-bond acceptors (Lipinski definition) is 3. The average Bonchev–Trinajstić information content (AvgIpc) is 3.10. The van der Waals surface area contributed by atoms with E-state index in [0.29, 0.717) is 5.02 Å². The highest BCUT2D eigenvalue weighted by Gasteiger charge is 2.20. The minimum Gasteiger partial charge on any atom is -0.441 e. The zero-order valence-electron chi connectivity index (χ0n) is 10.3. The number of hydrogen-bond donors (Lipinski definition) is 1. The van der Waals surface area contributed by atoms with E-state index in [2.05, 4.69) is 26.2 Å². The molecule has 19 heavy (non-hydrogen) atoms. The first-order chi connectivity index (χ1) is 9.22. The Kier molecular flexibility index (Phi) is 3.91. The molecule has 1 aromatic heterocycles. The monoisotopic (exact) mass is 340 g/mol. The van der Waals surface area contributed by atoms with Crippen LogP contribution in [0.4, 0.5) is 0 Å². The Morgan fingerprint density at radius 1 is 1.42 bits per heavy atom. The molecule has 1 aliphatic rings. The second kappa shape index (κ2) is 5.65. The molecule has 0 bridgehead atoms. The Morgan fingerprint density at radius 3 is 3.00 bits per heavy atom. The Balaban J connectivity index is 1.67. The molecule has 100 valence electrons. The second-order valence-electron chi connectivity index (χ2n) is 4.73. The van der Waals surface area contributed by atoms with E-state index >= 15 is 0 Å². The fourth-order valence-corrected chi connectivity index (χ4v) is 2.38. The second-order valence-corrected chi connectivity index (χ2v) is 5.99. The zero-order chi connectivity index (χ0) is 13.2. The van der Waals surface area contributed by atoms with E-state index in [0.717, 1.165) is 40.7 Å². The molecule has 5 heteroatoms. The molecular weight excluding hydrogens is 328 g/mol. The average molecular weight is 342 g/mol. The molecule has 2 aromatic rings. The first kappa shape index (κ1) is 13.2. The molecule has 0 atom stereocenters. The predicted molar refractivity (Wildman–Crippen MR) is 79.4 cm³/mol. The molecule has 3 rings (SSSR count). The van der Waals surface area contributed by atoms with Gasteiger partial charge in [-0.15, -0.1) is 0 Å². The summed E-state index contributed by atoms with van der Waals surface area (Å²) in [7, 11) is 0. The summed E-state index contributed by atoms with van der Waals surface area (Å²) in [5, 5.41) is 4.14. The smallest absolute Gasteiger partial charge is 0.196 e. The van der Waals surface area contributed by atoms with Crippen LogP contribution in [0, 0.1) is 0 Å². The summed E-state index contributed by atoms with van der Waals surface area (Å²) in [5.74, 6) is 1.55. The minimum absolute atomic E-state index is 0.692. The van der Waals surface area contributed by atoms with Gasteiger partial charge in [-0.1, -0.05) is 11.6 Å². The molecule has 1 fully saturated rings. The van der Waals surface area contributed by atoms with E-state index in [-0.39, 0.29) is 0 Å². The van der Waals surface area contributed by atoms with Crippen LogP contribution in [-0.2, 0) is 6.42 Å². The highest BCUT2D eigenvalue weighted by molar-refractivity contribution is 9.10. The Bertz CT molecular complexity index is 581. The highest BCUT2D eigenvalue weighted by atomic mass is 79.9.